The third-order valence-electron chi connectivity index (χ3n) is 4.29. The Bertz CT molecular complexity index is 927. The van der Waals surface area contributed by atoms with Crippen LogP contribution in [-0.4, -0.2) is 24.5 Å². The number of carbonyl (C=O) groups is 1. The van der Waals surface area contributed by atoms with Crippen LogP contribution >= 0.6 is 11.3 Å². The second-order valence-corrected chi connectivity index (χ2v) is 7.22. The third-order valence-corrected chi connectivity index (χ3v) is 5.14. The number of carbonyl (C=O) groups excluding carboxylic acids is 1. The summed E-state index contributed by atoms with van der Waals surface area (Å²) in [7, 11) is 1.59. The highest BCUT2D eigenvalue weighted by molar-refractivity contribution is 7.09. The summed E-state index contributed by atoms with van der Waals surface area (Å²) in [5.74, 6) is 0.636. The molecule has 0 bridgehead atoms. The fourth-order valence-electron chi connectivity index (χ4n) is 2.82. The van der Waals surface area contributed by atoms with Crippen LogP contribution in [0.25, 0.3) is 0 Å². The highest BCUT2D eigenvalue weighted by Crippen LogP contribution is 2.30. The molecule has 6 heteroatoms. The zero-order chi connectivity index (χ0) is 19.9. The molecule has 0 aliphatic carbocycles. The molecule has 146 valence electrons. The van der Waals surface area contributed by atoms with Gasteiger partial charge in [-0.15, -0.1) is 11.3 Å². The summed E-state index contributed by atoms with van der Waals surface area (Å²) in [6, 6.07) is 15.4. The zero-order valence-corrected chi connectivity index (χ0v) is 16.7. The third kappa shape index (κ3) is 4.89. The van der Waals surface area contributed by atoms with E-state index in [4.69, 9.17) is 9.47 Å². The first kappa shape index (κ1) is 19.9. The summed E-state index contributed by atoms with van der Waals surface area (Å²) >= 11 is 1.64. The van der Waals surface area contributed by atoms with Crippen molar-refractivity contribution in [2.75, 3.05) is 13.7 Å². The lowest BCUT2D eigenvalue weighted by atomic mass is 10.1. The maximum absolute atomic E-state index is 13.4. The van der Waals surface area contributed by atoms with Crippen LogP contribution in [0.5, 0.6) is 11.5 Å². The van der Waals surface area contributed by atoms with Crippen molar-refractivity contribution < 1.29 is 18.7 Å². The van der Waals surface area contributed by atoms with Gasteiger partial charge in [-0.05, 0) is 54.3 Å². The maximum atomic E-state index is 13.4. The van der Waals surface area contributed by atoms with E-state index in [0.29, 0.717) is 36.8 Å². The van der Waals surface area contributed by atoms with Crippen LogP contribution in [0.4, 0.5) is 4.39 Å². The number of methoxy groups -OCH3 is 1. The first-order chi connectivity index (χ1) is 13.6. The van der Waals surface area contributed by atoms with Crippen molar-refractivity contribution in [3.8, 4) is 11.5 Å². The van der Waals surface area contributed by atoms with Gasteiger partial charge in [0.25, 0.3) is 5.91 Å². The summed E-state index contributed by atoms with van der Waals surface area (Å²) in [4.78, 5) is 15.5. The van der Waals surface area contributed by atoms with Crippen LogP contribution in [0, 0.1) is 5.82 Å². The average molecular weight is 399 g/mol. The van der Waals surface area contributed by atoms with Gasteiger partial charge >= 0.3 is 0 Å². The van der Waals surface area contributed by atoms with E-state index in [9.17, 15) is 9.18 Å². The van der Waals surface area contributed by atoms with Gasteiger partial charge in [-0.2, -0.15) is 0 Å². The topological polar surface area (TPSA) is 38.8 Å². The van der Waals surface area contributed by atoms with Crippen molar-refractivity contribution in [2.24, 2.45) is 0 Å². The number of hydrogen-bond donors (Lipinski definition) is 0. The van der Waals surface area contributed by atoms with Crippen molar-refractivity contribution >= 4 is 17.2 Å². The van der Waals surface area contributed by atoms with Gasteiger partial charge in [-0.25, -0.2) is 4.39 Å². The average Bonchev–Trinajstić information content (AvgIpc) is 3.24. The molecule has 1 heterocycles. The van der Waals surface area contributed by atoms with Gasteiger partial charge in [0.15, 0.2) is 11.5 Å². The molecule has 3 rings (SSSR count). The first-order valence-corrected chi connectivity index (χ1v) is 9.85. The zero-order valence-electron chi connectivity index (χ0n) is 15.9. The van der Waals surface area contributed by atoms with Gasteiger partial charge in [0.1, 0.15) is 12.4 Å². The summed E-state index contributed by atoms with van der Waals surface area (Å²) in [5, 5.41) is 2.01. The number of rotatable bonds is 8. The van der Waals surface area contributed by atoms with Crippen molar-refractivity contribution in [3.63, 3.8) is 0 Å². The van der Waals surface area contributed by atoms with Crippen molar-refractivity contribution in [1.82, 2.24) is 4.90 Å². The minimum atomic E-state index is -0.421. The molecule has 0 aliphatic rings. The molecule has 0 radical (unpaired) electrons. The van der Waals surface area contributed by atoms with Crippen LogP contribution in [-0.2, 0) is 13.2 Å². The molecule has 28 heavy (non-hydrogen) atoms. The van der Waals surface area contributed by atoms with E-state index in [1.54, 1.807) is 35.5 Å². The number of amides is 1. The maximum Gasteiger partial charge on any atom is 0.254 e. The quantitative estimate of drug-likeness (QED) is 0.527. The van der Waals surface area contributed by atoms with E-state index in [0.717, 1.165) is 10.4 Å². The second-order valence-electron chi connectivity index (χ2n) is 6.18. The molecule has 0 aliphatic heterocycles. The molecule has 2 aromatic carbocycles. The van der Waals surface area contributed by atoms with Crippen LogP contribution in [0.1, 0.15) is 27.7 Å². The lowest BCUT2D eigenvalue weighted by Crippen LogP contribution is -2.30. The molecule has 0 saturated heterocycles. The number of nitrogens with zero attached hydrogens (tertiary/aromatic N) is 1. The Morgan fingerprint density at radius 3 is 2.64 bits per heavy atom. The van der Waals surface area contributed by atoms with Gasteiger partial charge < -0.3 is 14.4 Å². The number of halogens is 1. The molecule has 1 amide bonds. The predicted molar refractivity (Wildman–Crippen MR) is 108 cm³/mol. The Morgan fingerprint density at radius 1 is 1.11 bits per heavy atom. The fourth-order valence-corrected chi connectivity index (χ4v) is 3.44. The highest BCUT2D eigenvalue weighted by atomic mass is 32.1. The van der Waals surface area contributed by atoms with Gasteiger partial charge in [-0.3, -0.25) is 4.79 Å². The summed E-state index contributed by atoms with van der Waals surface area (Å²) in [5.41, 5.74) is 1.25. The van der Waals surface area contributed by atoms with E-state index in [-0.39, 0.29) is 5.91 Å². The van der Waals surface area contributed by atoms with Gasteiger partial charge in [-0.1, -0.05) is 18.2 Å². The van der Waals surface area contributed by atoms with E-state index >= 15 is 0 Å². The Morgan fingerprint density at radius 2 is 1.96 bits per heavy atom. The standard InChI is InChI=1S/C22H22FNO3S/c1-3-24(22(25)17-6-4-7-18(23)13-17)14-16-9-10-20(21(12-16)26-2)27-15-19-8-5-11-28-19/h4-13H,3,14-15H2,1-2H3. The van der Waals surface area contributed by atoms with Crippen molar-refractivity contribution in [3.05, 3.63) is 81.8 Å². The number of hydrogen-bond acceptors (Lipinski definition) is 4. The molecular weight excluding hydrogens is 377 g/mol. The first-order valence-electron chi connectivity index (χ1n) is 8.97. The van der Waals surface area contributed by atoms with Crippen molar-refractivity contribution in [2.45, 2.75) is 20.1 Å². The molecular formula is C22H22FNO3S. The van der Waals surface area contributed by atoms with Crippen LogP contribution in [0.2, 0.25) is 0 Å². The number of thiophene rings is 1. The second kappa shape index (κ2) is 9.37. The molecule has 1 aromatic heterocycles. The highest BCUT2D eigenvalue weighted by Gasteiger charge is 2.16. The molecule has 0 unspecified atom stereocenters. The molecule has 0 spiro atoms. The molecule has 3 aromatic rings. The SMILES string of the molecule is CCN(Cc1ccc(OCc2cccs2)c(OC)c1)C(=O)c1cccc(F)c1. The summed E-state index contributed by atoms with van der Waals surface area (Å²) in [6.07, 6.45) is 0. The molecule has 0 saturated carbocycles. The Labute approximate surface area is 168 Å². The minimum absolute atomic E-state index is 0.209. The van der Waals surface area contributed by atoms with E-state index in [2.05, 4.69) is 0 Å². The minimum Gasteiger partial charge on any atom is -0.493 e. The number of benzene rings is 2. The van der Waals surface area contributed by atoms with Gasteiger partial charge in [0, 0.05) is 23.5 Å². The van der Waals surface area contributed by atoms with E-state index < -0.39 is 5.82 Å². The monoisotopic (exact) mass is 399 g/mol. The van der Waals surface area contributed by atoms with Crippen LogP contribution in [0.15, 0.2) is 60.0 Å². The smallest absolute Gasteiger partial charge is 0.254 e. The Hall–Kier alpha value is -2.86. The lowest BCUT2D eigenvalue weighted by Gasteiger charge is -2.22. The molecule has 0 atom stereocenters. The fraction of sp³-hybridized carbons (Fsp3) is 0.227. The molecule has 0 fully saturated rings. The number of ether oxygens (including phenoxy) is 2. The predicted octanol–water partition coefficient (Wildman–Crippen LogP) is 5.14. The Kier molecular flexibility index (Phi) is 6.66. The van der Waals surface area contributed by atoms with Crippen LogP contribution in [0.3, 0.4) is 0 Å². The largest absolute Gasteiger partial charge is 0.493 e. The summed E-state index contributed by atoms with van der Waals surface area (Å²) in [6.45, 7) is 3.28. The van der Waals surface area contributed by atoms with E-state index in [1.807, 2.05) is 42.6 Å². The normalized spacial score (nSPS) is 10.5. The molecule has 0 N–H and O–H groups in total. The van der Waals surface area contributed by atoms with Gasteiger partial charge in [0.05, 0.1) is 7.11 Å². The van der Waals surface area contributed by atoms with E-state index in [1.165, 1.54) is 12.1 Å². The van der Waals surface area contributed by atoms with Crippen LogP contribution < -0.4 is 9.47 Å². The molecule has 4 nitrogen and oxygen atoms in total. The van der Waals surface area contributed by atoms with Crippen molar-refractivity contribution in [1.29, 1.82) is 0 Å². The summed E-state index contributed by atoms with van der Waals surface area (Å²) < 4.78 is 24.7. The van der Waals surface area contributed by atoms with Gasteiger partial charge in [0.2, 0.25) is 0 Å². The Balaban J connectivity index is 1.72. The lowest BCUT2D eigenvalue weighted by molar-refractivity contribution is 0.0752.